The molecule has 1 aliphatic carbocycles. The fourth-order valence-electron chi connectivity index (χ4n) is 8.59. The summed E-state index contributed by atoms with van der Waals surface area (Å²) in [7, 11) is -5.44. The van der Waals surface area contributed by atoms with E-state index in [0.29, 0.717) is 17.8 Å². The van der Waals surface area contributed by atoms with E-state index < -0.39 is 25.0 Å². The van der Waals surface area contributed by atoms with Gasteiger partial charge in [-0.25, -0.2) is 0 Å². The molecular formula is C48H96O5Si3. The molecule has 0 aromatic carbocycles. The molecule has 5 nitrogen and oxygen atoms in total. The van der Waals surface area contributed by atoms with Crippen LogP contribution in [0.3, 0.4) is 0 Å². The molecule has 0 aromatic rings. The highest BCUT2D eigenvalue weighted by atomic mass is 28.4. The number of unbranched alkanes of at least 4 members (excludes halogenated alkanes) is 1. The van der Waals surface area contributed by atoms with Crippen molar-refractivity contribution in [2.75, 3.05) is 6.61 Å². The maximum Gasteiger partial charge on any atom is 0.192 e. The fourth-order valence-corrected chi connectivity index (χ4v) is 14.1. The lowest BCUT2D eigenvalue weighted by Crippen LogP contribution is -2.47. The van der Waals surface area contributed by atoms with Crippen molar-refractivity contribution in [3.63, 3.8) is 0 Å². The largest absolute Gasteiger partial charge is 0.417 e. The molecule has 1 spiro atoms. The second-order valence-corrected chi connectivity index (χ2v) is 36.2. The van der Waals surface area contributed by atoms with Crippen molar-refractivity contribution in [3.05, 3.63) is 23.3 Å². The van der Waals surface area contributed by atoms with Crippen LogP contribution in [0.4, 0.5) is 0 Å². The molecule has 0 N–H and O–H groups in total. The number of rotatable bonds is 23. The van der Waals surface area contributed by atoms with E-state index in [1.165, 1.54) is 42.1 Å². The lowest BCUT2D eigenvalue weighted by Gasteiger charge is -2.43. The average Bonchev–Trinajstić information content (AvgIpc) is 3.52. The monoisotopic (exact) mass is 837 g/mol. The Kier molecular flexibility index (Phi) is 20.6. The Labute approximate surface area is 353 Å². The van der Waals surface area contributed by atoms with Crippen LogP contribution in [-0.2, 0) is 22.8 Å². The van der Waals surface area contributed by atoms with Crippen molar-refractivity contribution in [1.82, 2.24) is 0 Å². The summed E-state index contributed by atoms with van der Waals surface area (Å²) in [6.07, 6.45) is 18.0. The van der Waals surface area contributed by atoms with Gasteiger partial charge in [-0.3, -0.25) is 0 Å². The molecule has 2 fully saturated rings. The summed E-state index contributed by atoms with van der Waals surface area (Å²) < 4.78 is 34.3. The van der Waals surface area contributed by atoms with Crippen molar-refractivity contribution < 1.29 is 22.8 Å². The van der Waals surface area contributed by atoms with Gasteiger partial charge < -0.3 is 22.8 Å². The van der Waals surface area contributed by atoms with Crippen LogP contribution in [0.15, 0.2) is 23.3 Å². The van der Waals surface area contributed by atoms with Gasteiger partial charge in [0.15, 0.2) is 30.7 Å². The zero-order valence-corrected chi connectivity index (χ0v) is 43.8. The van der Waals surface area contributed by atoms with Gasteiger partial charge in [0, 0.05) is 37.9 Å². The van der Waals surface area contributed by atoms with Gasteiger partial charge in [-0.15, -0.1) is 0 Å². The van der Waals surface area contributed by atoms with E-state index in [-0.39, 0.29) is 40.3 Å². The summed E-state index contributed by atoms with van der Waals surface area (Å²) in [4.78, 5) is 0. The molecule has 56 heavy (non-hydrogen) atoms. The quantitative estimate of drug-likeness (QED) is 0.0583. The van der Waals surface area contributed by atoms with Crippen molar-refractivity contribution in [2.24, 2.45) is 17.8 Å². The predicted octanol–water partition coefficient (Wildman–Crippen LogP) is 15.4. The lowest BCUT2D eigenvalue weighted by atomic mass is 9.89. The first kappa shape index (κ1) is 52.1. The van der Waals surface area contributed by atoms with Gasteiger partial charge in [0.1, 0.15) is 0 Å². The molecular weight excluding hydrogens is 741 g/mol. The van der Waals surface area contributed by atoms with Crippen LogP contribution >= 0.6 is 0 Å². The third-order valence-corrected chi connectivity index (χ3v) is 28.6. The Hall–Kier alpha value is -0.0694. The summed E-state index contributed by atoms with van der Waals surface area (Å²) >= 11 is 0. The van der Waals surface area contributed by atoms with Crippen molar-refractivity contribution in [3.8, 4) is 0 Å². The minimum atomic E-state index is -1.93. The van der Waals surface area contributed by atoms with E-state index in [0.717, 1.165) is 64.4 Å². The zero-order valence-electron chi connectivity index (χ0n) is 40.8. The van der Waals surface area contributed by atoms with E-state index in [9.17, 15) is 0 Å². The van der Waals surface area contributed by atoms with Gasteiger partial charge in [-0.05, 0) is 138 Å². The Bertz CT molecular complexity index is 1200. The van der Waals surface area contributed by atoms with Crippen LogP contribution in [0.1, 0.15) is 174 Å². The molecule has 0 aromatic heterocycles. The average molecular weight is 838 g/mol. The van der Waals surface area contributed by atoms with Crippen LogP contribution in [0.2, 0.25) is 54.4 Å². The van der Waals surface area contributed by atoms with Crippen molar-refractivity contribution in [1.29, 1.82) is 0 Å². The van der Waals surface area contributed by atoms with Gasteiger partial charge in [0.25, 0.3) is 0 Å². The molecule has 7 atom stereocenters. The molecule has 1 heterocycles. The highest BCUT2D eigenvalue weighted by Crippen LogP contribution is 2.43. The maximum absolute atomic E-state index is 7.37. The highest BCUT2D eigenvalue weighted by Gasteiger charge is 2.45. The fraction of sp³-hybridized carbons (Fsp3) is 0.917. The number of allylic oxidation sites excluding steroid dienone is 2. The van der Waals surface area contributed by atoms with E-state index in [1.54, 1.807) is 0 Å². The topological polar surface area (TPSA) is 46.2 Å². The molecule has 0 unspecified atom stereocenters. The third kappa shape index (κ3) is 15.8. The normalized spacial score (nSPS) is 23.3. The van der Waals surface area contributed by atoms with Gasteiger partial charge in [0.05, 0.1) is 18.3 Å². The number of hydrogen-bond acceptors (Lipinski definition) is 5. The first-order chi connectivity index (χ1) is 25.7. The lowest BCUT2D eigenvalue weighted by molar-refractivity contribution is -0.316. The second-order valence-electron chi connectivity index (χ2n) is 21.9. The second kappa shape index (κ2) is 22.1. The molecule has 0 radical (unpaired) electrons. The van der Waals surface area contributed by atoms with Crippen LogP contribution in [0, 0.1) is 17.8 Å². The SMILES string of the molecule is CC[Si](CC)(CC)O[C@H](C/C=C(\C)C[C@H](C)[C@H](CCCCO[Si](C)(C)C(C)(C)C)O[Si](C)(C)C(C)(C)C)[C@@H](C)C/C(C)=C/[C@@H](C)[C@H]1C[C@@H](C)OC2(CCCC2)O1. The smallest absolute Gasteiger partial charge is 0.192 e. The third-order valence-electron chi connectivity index (χ3n) is 14.8. The molecule has 1 saturated carbocycles. The van der Waals surface area contributed by atoms with Crippen LogP contribution < -0.4 is 0 Å². The summed E-state index contributed by atoms with van der Waals surface area (Å²) in [5.41, 5.74) is 2.95. The highest BCUT2D eigenvalue weighted by molar-refractivity contribution is 6.74. The van der Waals surface area contributed by atoms with Crippen LogP contribution in [0.25, 0.3) is 0 Å². The van der Waals surface area contributed by atoms with Gasteiger partial charge >= 0.3 is 0 Å². The molecule has 0 bridgehead atoms. The molecule has 2 aliphatic rings. The van der Waals surface area contributed by atoms with Gasteiger partial charge in [-0.2, -0.15) is 0 Å². The zero-order chi connectivity index (χ0) is 42.8. The number of hydrogen-bond donors (Lipinski definition) is 0. The van der Waals surface area contributed by atoms with E-state index in [2.05, 4.69) is 142 Å². The summed E-state index contributed by atoms with van der Waals surface area (Å²) in [6, 6.07) is 3.55. The minimum absolute atomic E-state index is 0.189. The Balaban J connectivity index is 2.20. The van der Waals surface area contributed by atoms with Gasteiger partial charge in [-0.1, -0.05) is 106 Å². The minimum Gasteiger partial charge on any atom is -0.417 e. The van der Waals surface area contributed by atoms with Crippen molar-refractivity contribution >= 4 is 25.0 Å². The van der Waals surface area contributed by atoms with Gasteiger partial charge in [0.2, 0.25) is 0 Å². The van der Waals surface area contributed by atoms with E-state index >= 15 is 0 Å². The molecule has 1 saturated heterocycles. The van der Waals surface area contributed by atoms with Crippen LogP contribution in [-0.4, -0.2) is 61.8 Å². The predicted molar refractivity (Wildman–Crippen MR) is 251 cm³/mol. The molecule has 0 amide bonds. The Morgan fingerprint density at radius 3 is 1.82 bits per heavy atom. The molecule has 8 heteroatoms. The Morgan fingerprint density at radius 1 is 0.750 bits per heavy atom. The first-order valence-corrected chi connectivity index (χ1v) is 31.8. The Morgan fingerprint density at radius 2 is 1.29 bits per heavy atom. The van der Waals surface area contributed by atoms with E-state index in [4.69, 9.17) is 22.8 Å². The maximum atomic E-state index is 7.37. The standard InChI is InChI=1S/C48H96O5Si3/c1-20-56(21-2,22-3)53-44(40(7)34-38(5)35-41(8)45-36-42(9)50-48(51-45)30-24-25-31-48)29-28-37(4)33-39(6)43(52-55(18,19)47(13,14)15)27-23-26-32-49-54(16,17)46(10,11)12/h28,35,39-45H,20-27,29-34,36H2,1-19H3/b37-28+,38-35+/t39-,40-,41+,42+,43-,44+,45+/m0/s1. The molecule has 2 rings (SSSR count). The summed E-state index contributed by atoms with van der Waals surface area (Å²) in [6.45, 7) is 45.8. The number of ether oxygens (including phenoxy) is 2. The molecule has 330 valence electrons. The van der Waals surface area contributed by atoms with Crippen LogP contribution in [0.5, 0.6) is 0 Å². The molecule has 1 aliphatic heterocycles. The van der Waals surface area contributed by atoms with Crippen molar-refractivity contribution in [2.45, 2.75) is 259 Å². The summed E-state index contributed by atoms with van der Waals surface area (Å²) in [5.74, 6) is 0.932. The van der Waals surface area contributed by atoms with E-state index in [1.807, 2.05) is 0 Å². The summed E-state index contributed by atoms with van der Waals surface area (Å²) in [5, 5.41) is 0.440. The first-order valence-electron chi connectivity index (χ1n) is 23.4.